The molecule has 1 aliphatic carbocycles. The summed E-state index contributed by atoms with van der Waals surface area (Å²) in [5.41, 5.74) is 9.44. The summed E-state index contributed by atoms with van der Waals surface area (Å²) in [5.74, 6) is -1.11. The average Bonchev–Trinajstić information content (AvgIpc) is 3.93. The van der Waals surface area contributed by atoms with Crippen LogP contribution in [0.2, 0.25) is 0 Å². The minimum absolute atomic E-state index is 0.206. The van der Waals surface area contributed by atoms with Gasteiger partial charge in [0.25, 0.3) is 5.91 Å². The van der Waals surface area contributed by atoms with E-state index in [-0.39, 0.29) is 13.0 Å². The number of nitrogens with one attached hydrogen (secondary N) is 1. The van der Waals surface area contributed by atoms with Crippen LogP contribution in [0.3, 0.4) is 0 Å². The van der Waals surface area contributed by atoms with Crippen molar-refractivity contribution in [3.05, 3.63) is 139 Å². The lowest BCUT2D eigenvalue weighted by Gasteiger charge is -2.28. The number of nitrogens with zero attached hydrogens (tertiary/aromatic N) is 2. The van der Waals surface area contributed by atoms with Gasteiger partial charge in [0.2, 0.25) is 18.0 Å². The van der Waals surface area contributed by atoms with Crippen LogP contribution in [0, 0.1) is 17.8 Å². The van der Waals surface area contributed by atoms with Gasteiger partial charge in [-0.2, -0.15) is 0 Å². The first kappa shape index (κ1) is 31.5. The number of allylic oxidation sites excluding steroid dienone is 1. The monoisotopic (exact) mass is 626 g/mol. The molecular weight excluding hydrogens is 588 g/mol. The lowest BCUT2D eigenvalue weighted by atomic mass is 9.84. The Hall–Kier alpha value is -5.50. The first-order valence-electron chi connectivity index (χ1n) is 16.0. The van der Waals surface area contributed by atoms with Gasteiger partial charge >= 0.3 is 0 Å². The van der Waals surface area contributed by atoms with Gasteiger partial charge in [0.05, 0.1) is 29.8 Å². The molecule has 4 aromatic carbocycles. The summed E-state index contributed by atoms with van der Waals surface area (Å²) in [7, 11) is 0. The van der Waals surface area contributed by atoms with Crippen molar-refractivity contribution >= 4 is 29.1 Å². The standard InChI is InChI=1S/C39H38N4O4/c1-2-12-31(36(40)44)33(24-26-21-22-26)38(45)42-37-39(46)43(25-27-13-11-18-30(23-27)47-29-16-7-4-8-17-29)34-20-10-9-19-32(34)35(41-37)28-14-5-3-6-15-28/h2-11,13-20,23,26,31,33,37H,1,12,21-22,24-25H2,(H2,40,44)(H,42,45)/t31-,33+,37?/m0/s1. The van der Waals surface area contributed by atoms with E-state index in [1.54, 1.807) is 11.0 Å². The fraction of sp³-hybridized carbons (Fsp3) is 0.231. The highest BCUT2D eigenvalue weighted by Gasteiger charge is 2.40. The van der Waals surface area contributed by atoms with E-state index in [0.717, 1.165) is 29.5 Å². The predicted molar refractivity (Wildman–Crippen MR) is 183 cm³/mol. The van der Waals surface area contributed by atoms with E-state index in [1.165, 1.54) is 0 Å². The molecule has 3 N–H and O–H groups in total. The van der Waals surface area contributed by atoms with Gasteiger partial charge in [-0.15, -0.1) is 6.58 Å². The summed E-state index contributed by atoms with van der Waals surface area (Å²) < 4.78 is 6.07. The molecule has 1 aliphatic heterocycles. The lowest BCUT2D eigenvalue weighted by molar-refractivity contribution is -0.135. The second kappa shape index (κ2) is 14.3. The van der Waals surface area contributed by atoms with Gasteiger partial charge in [0, 0.05) is 11.1 Å². The van der Waals surface area contributed by atoms with Crippen molar-refractivity contribution in [2.75, 3.05) is 4.90 Å². The molecule has 6 rings (SSSR count). The van der Waals surface area contributed by atoms with Gasteiger partial charge in [0.1, 0.15) is 11.5 Å². The van der Waals surface area contributed by atoms with E-state index in [2.05, 4.69) is 11.9 Å². The van der Waals surface area contributed by atoms with E-state index in [9.17, 15) is 14.4 Å². The Balaban J connectivity index is 1.37. The number of hydrogen-bond acceptors (Lipinski definition) is 5. The Kier molecular flexibility index (Phi) is 9.57. The van der Waals surface area contributed by atoms with Crippen molar-refractivity contribution in [3.63, 3.8) is 0 Å². The predicted octanol–water partition coefficient (Wildman–Crippen LogP) is 6.40. The summed E-state index contributed by atoms with van der Waals surface area (Å²) in [6, 6.07) is 34.3. The third-order valence-corrected chi connectivity index (χ3v) is 8.65. The SMILES string of the molecule is C=CC[C@H](C(N)=O)[C@@H](CC1CC1)C(=O)NC1N=C(c2ccccc2)c2ccccc2N(Cc2cccc(Oc3ccccc3)c2)C1=O. The van der Waals surface area contributed by atoms with Crippen molar-refractivity contribution in [1.29, 1.82) is 0 Å². The van der Waals surface area contributed by atoms with E-state index in [0.29, 0.717) is 35.2 Å². The number of nitrogens with two attached hydrogens (primary N) is 1. The first-order valence-corrected chi connectivity index (χ1v) is 16.0. The number of hydrogen-bond donors (Lipinski definition) is 2. The molecule has 3 amide bonds. The van der Waals surface area contributed by atoms with Crippen molar-refractivity contribution in [1.82, 2.24) is 5.32 Å². The van der Waals surface area contributed by atoms with Gasteiger partial charge in [-0.1, -0.05) is 97.8 Å². The molecule has 0 aromatic heterocycles. The van der Waals surface area contributed by atoms with Crippen LogP contribution in [0.5, 0.6) is 11.5 Å². The zero-order valence-corrected chi connectivity index (χ0v) is 26.1. The van der Waals surface area contributed by atoms with Crippen LogP contribution in [0.25, 0.3) is 0 Å². The van der Waals surface area contributed by atoms with Crippen molar-refractivity contribution in [3.8, 4) is 11.5 Å². The smallest absolute Gasteiger partial charge is 0.272 e. The average molecular weight is 627 g/mol. The Bertz CT molecular complexity index is 1790. The molecule has 1 saturated carbocycles. The third kappa shape index (κ3) is 7.49. The van der Waals surface area contributed by atoms with Crippen LogP contribution in [-0.2, 0) is 20.9 Å². The number of ether oxygens (including phenoxy) is 1. The number of carbonyl (C=O) groups excluding carboxylic acids is 3. The van der Waals surface area contributed by atoms with Crippen LogP contribution in [0.4, 0.5) is 5.69 Å². The van der Waals surface area contributed by atoms with Gasteiger partial charge in [-0.3, -0.25) is 14.4 Å². The maximum absolute atomic E-state index is 14.6. The molecule has 1 unspecified atom stereocenters. The summed E-state index contributed by atoms with van der Waals surface area (Å²) in [6.45, 7) is 3.98. The van der Waals surface area contributed by atoms with Gasteiger partial charge in [-0.05, 0) is 54.7 Å². The minimum Gasteiger partial charge on any atom is -0.457 e. The Morgan fingerprint density at radius 1 is 0.915 bits per heavy atom. The fourth-order valence-corrected chi connectivity index (χ4v) is 6.09. The molecule has 238 valence electrons. The fourth-order valence-electron chi connectivity index (χ4n) is 6.09. The van der Waals surface area contributed by atoms with Crippen LogP contribution < -0.4 is 20.7 Å². The molecule has 8 nitrogen and oxygen atoms in total. The zero-order chi connectivity index (χ0) is 32.8. The van der Waals surface area contributed by atoms with E-state index >= 15 is 0 Å². The van der Waals surface area contributed by atoms with Crippen LogP contribution in [0.15, 0.2) is 127 Å². The number of benzene rings is 4. The van der Waals surface area contributed by atoms with Crippen LogP contribution in [-0.4, -0.2) is 29.6 Å². The number of benzodiazepines with no additional fused rings is 1. The summed E-state index contributed by atoms with van der Waals surface area (Å²) in [5, 5.41) is 2.95. The largest absolute Gasteiger partial charge is 0.457 e. The molecule has 1 heterocycles. The van der Waals surface area contributed by atoms with Gasteiger partial charge in [0.15, 0.2) is 0 Å². The lowest BCUT2D eigenvalue weighted by Crippen LogP contribution is -2.50. The minimum atomic E-state index is -1.24. The third-order valence-electron chi connectivity index (χ3n) is 8.65. The molecule has 1 fully saturated rings. The number of amides is 3. The second-order valence-corrected chi connectivity index (χ2v) is 12.1. The van der Waals surface area contributed by atoms with Crippen molar-refractivity contribution in [2.24, 2.45) is 28.5 Å². The molecule has 0 spiro atoms. The molecule has 0 radical (unpaired) electrons. The number of para-hydroxylation sites is 2. The normalized spacial score (nSPS) is 17.0. The number of anilines is 1. The first-order chi connectivity index (χ1) is 22.9. The van der Waals surface area contributed by atoms with E-state index in [4.69, 9.17) is 15.5 Å². The quantitative estimate of drug-likeness (QED) is 0.167. The van der Waals surface area contributed by atoms with E-state index in [1.807, 2.05) is 109 Å². The topological polar surface area (TPSA) is 114 Å². The summed E-state index contributed by atoms with van der Waals surface area (Å²) in [4.78, 5) is 47.7. The highest BCUT2D eigenvalue weighted by atomic mass is 16.5. The molecule has 3 atom stereocenters. The number of primary amides is 1. The maximum atomic E-state index is 14.6. The number of carbonyl (C=O) groups is 3. The molecule has 4 aromatic rings. The molecule has 8 heteroatoms. The molecule has 0 saturated heterocycles. The molecular formula is C39H38N4O4. The highest BCUT2D eigenvalue weighted by Crippen LogP contribution is 2.39. The molecule has 2 aliphatic rings. The summed E-state index contributed by atoms with van der Waals surface area (Å²) in [6.07, 6.45) is 3.15. The highest BCUT2D eigenvalue weighted by molar-refractivity contribution is 6.20. The molecule has 47 heavy (non-hydrogen) atoms. The number of rotatable bonds is 13. The van der Waals surface area contributed by atoms with Gasteiger partial charge in [-0.25, -0.2) is 4.99 Å². The Morgan fingerprint density at radius 2 is 1.60 bits per heavy atom. The Morgan fingerprint density at radius 3 is 2.30 bits per heavy atom. The van der Waals surface area contributed by atoms with Crippen LogP contribution >= 0.6 is 0 Å². The van der Waals surface area contributed by atoms with Crippen LogP contribution in [0.1, 0.15) is 42.4 Å². The number of aliphatic imine (C=N–C) groups is 1. The van der Waals surface area contributed by atoms with E-state index < -0.39 is 35.7 Å². The maximum Gasteiger partial charge on any atom is 0.272 e. The van der Waals surface area contributed by atoms with Crippen molar-refractivity contribution < 1.29 is 19.1 Å². The van der Waals surface area contributed by atoms with Crippen molar-refractivity contribution in [2.45, 2.75) is 38.4 Å². The molecule has 0 bridgehead atoms. The zero-order valence-electron chi connectivity index (χ0n) is 26.1. The Labute approximate surface area is 275 Å². The summed E-state index contributed by atoms with van der Waals surface area (Å²) >= 11 is 0. The second-order valence-electron chi connectivity index (χ2n) is 12.1. The number of fused-ring (bicyclic) bond motifs is 1. The van der Waals surface area contributed by atoms with Gasteiger partial charge < -0.3 is 20.7 Å².